The van der Waals surface area contributed by atoms with Crippen molar-refractivity contribution in [3.05, 3.63) is 46.2 Å². The molecule has 0 saturated heterocycles. The van der Waals surface area contributed by atoms with Crippen molar-refractivity contribution in [3.63, 3.8) is 0 Å². The number of sulfonamides is 1. The summed E-state index contributed by atoms with van der Waals surface area (Å²) in [5, 5.41) is 5.07. The minimum Gasteiger partial charge on any atom is -0.263 e. The molecule has 0 saturated carbocycles. The molecule has 0 spiro atoms. The van der Waals surface area contributed by atoms with Gasteiger partial charge in [-0.3, -0.25) is 4.68 Å². The molecule has 0 fully saturated rings. The summed E-state index contributed by atoms with van der Waals surface area (Å²) in [5.74, 6) is 0. The van der Waals surface area contributed by atoms with Crippen LogP contribution in [0.3, 0.4) is 0 Å². The maximum atomic E-state index is 12.7. The van der Waals surface area contributed by atoms with E-state index in [1.165, 1.54) is 0 Å². The summed E-state index contributed by atoms with van der Waals surface area (Å²) in [6.07, 6.45) is 0.599. The molecule has 24 heavy (non-hydrogen) atoms. The standard InChI is InChI=1S/C17H24ClN3O2S/c1-12-16(13(2)21(20-12)17(3,4)5)24(22,23)19-11-10-14-6-8-15(18)9-7-14/h6-9,19H,10-11H2,1-5H3. The number of hydrogen-bond donors (Lipinski definition) is 1. The molecule has 132 valence electrons. The van der Waals surface area contributed by atoms with Gasteiger partial charge in [0.05, 0.1) is 16.9 Å². The van der Waals surface area contributed by atoms with Crippen LogP contribution in [-0.4, -0.2) is 24.7 Å². The second kappa shape index (κ2) is 6.86. The van der Waals surface area contributed by atoms with Gasteiger partial charge < -0.3 is 0 Å². The highest BCUT2D eigenvalue weighted by atomic mass is 35.5. The molecule has 0 bridgehead atoms. The molecule has 0 radical (unpaired) electrons. The maximum absolute atomic E-state index is 12.7. The van der Waals surface area contributed by atoms with Gasteiger partial charge in [-0.05, 0) is 58.7 Å². The number of hydrogen-bond acceptors (Lipinski definition) is 3. The zero-order chi connectivity index (χ0) is 18.1. The Bertz CT molecular complexity index is 819. The number of nitrogens with zero attached hydrogens (tertiary/aromatic N) is 2. The largest absolute Gasteiger partial charge is 0.263 e. The van der Waals surface area contributed by atoms with Crippen LogP contribution >= 0.6 is 11.6 Å². The van der Waals surface area contributed by atoms with Gasteiger partial charge in [0.1, 0.15) is 4.90 Å². The molecule has 0 atom stereocenters. The van der Waals surface area contributed by atoms with E-state index in [0.29, 0.717) is 29.4 Å². The van der Waals surface area contributed by atoms with E-state index in [9.17, 15) is 8.42 Å². The molecule has 7 heteroatoms. The lowest BCUT2D eigenvalue weighted by Crippen LogP contribution is -2.28. The van der Waals surface area contributed by atoms with Crippen molar-refractivity contribution in [3.8, 4) is 0 Å². The Morgan fingerprint density at radius 1 is 1.17 bits per heavy atom. The summed E-state index contributed by atoms with van der Waals surface area (Å²) < 4.78 is 29.8. The van der Waals surface area contributed by atoms with Gasteiger partial charge in [-0.2, -0.15) is 5.10 Å². The number of halogens is 1. The minimum atomic E-state index is -3.60. The Hall–Kier alpha value is -1.37. The molecule has 0 aliphatic rings. The third-order valence-electron chi connectivity index (χ3n) is 3.75. The monoisotopic (exact) mass is 369 g/mol. The van der Waals surface area contributed by atoms with Gasteiger partial charge >= 0.3 is 0 Å². The highest BCUT2D eigenvalue weighted by Gasteiger charge is 2.28. The molecular formula is C17H24ClN3O2S. The second-order valence-corrected chi connectivity index (χ2v) is 9.00. The fourth-order valence-corrected chi connectivity index (χ4v) is 4.27. The Balaban J connectivity index is 2.16. The van der Waals surface area contributed by atoms with Gasteiger partial charge in [0.25, 0.3) is 0 Å². The van der Waals surface area contributed by atoms with Gasteiger partial charge in [-0.25, -0.2) is 13.1 Å². The molecule has 2 rings (SSSR count). The third kappa shape index (κ3) is 4.18. The van der Waals surface area contributed by atoms with Crippen LogP contribution in [0.2, 0.25) is 5.02 Å². The first-order valence-corrected chi connectivity index (χ1v) is 9.69. The zero-order valence-corrected chi connectivity index (χ0v) is 16.3. The molecule has 1 N–H and O–H groups in total. The molecule has 0 aliphatic carbocycles. The van der Waals surface area contributed by atoms with Crippen molar-refractivity contribution in [2.75, 3.05) is 6.54 Å². The Labute approximate surface area is 149 Å². The quantitative estimate of drug-likeness (QED) is 0.878. The third-order valence-corrected chi connectivity index (χ3v) is 5.71. The van der Waals surface area contributed by atoms with E-state index in [1.54, 1.807) is 30.7 Å². The highest BCUT2D eigenvalue weighted by molar-refractivity contribution is 7.89. The lowest BCUT2D eigenvalue weighted by Gasteiger charge is -2.21. The number of aromatic nitrogens is 2. The average molecular weight is 370 g/mol. The van der Waals surface area contributed by atoms with Crippen molar-refractivity contribution < 1.29 is 8.42 Å². The predicted octanol–water partition coefficient (Wildman–Crippen LogP) is 3.43. The van der Waals surface area contributed by atoms with E-state index in [-0.39, 0.29) is 10.4 Å². The molecular weight excluding hydrogens is 346 g/mol. The second-order valence-electron chi connectivity index (χ2n) is 6.86. The molecule has 1 heterocycles. The van der Waals surface area contributed by atoms with E-state index in [0.717, 1.165) is 5.56 Å². The van der Waals surface area contributed by atoms with Gasteiger partial charge in [0.15, 0.2) is 0 Å². The minimum absolute atomic E-state index is 0.272. The number of aryl methyl sites for hydroxylation is 1. The lowest BCUT2D eigenvalue weighted by atomic mass is 10.1. The normalized spacial score (nSPS) is 12.6. The van der Waals surface area contributed by atoms with Crippen LogP contribution in [0, 0.1) is 13.8 Å². The van der Waals surface area contributed by atoms with Crippen molar-refractivity contribution in [2.24, 2.45) is 0 Å². The summed E-state index contributed by atoms with van der Waals surface area (Å²) in [6.45, 7) is 9.83. The Morgan fingerprint density at radius 3 is 2.25 bits per heavy atom. The van der Waals surface area contributed by atoms with Crippen LogP contribution in [0.1, 0.15) is 37.7 Å². The van der Waals surface area contributed by atoms with Crippen molar-refractivity contribution >= 4 is 21.6 Å². The van der Waals surface area contributed by atoms with Crippen LogP contribution in [0.4, 0.5) is 0 Å². The molecule has 0 aliphatic heterocycles. The Morgan fingerprint density at radius 2 is 1.75 bits per heavy atom. The van der Waals surface area contributed by atoms with Crippen LogP contribution in [0.25, 0.3) is 0 Å². The first-order valence-electron chi connectivity index (χ1n) is 7.83. The summed E-state index contributed by atoms with van der Waals surface area (Å²) in [4.78, 5) is 0.272. The first-order chi connectivity index (χ1) is 11.0. The van der Waals surface area contributed by atoms with Crippen molar-refractivity contribution in [1.29, 1.82) is 0 Å². The van der Waals surface area contributed by atoms with Crippen molar-refractivity contribution in [2.45, 2.75) is 51.5 Å². The molecule has 2 aromatic rings. The number of benzene rings is 1. The van der Waals surface area contributed by atoms with Gasteiger partial charge in [0, 0.05) is 11.6 Å². The molecule has 0 unspecified atom stereocenters. The molecule has 5 nitrogen and oxygen atoms in total. The molecule has 1 aromatic heterocycles. The average Bonchev–Trinajstić information content (AvgIpc) is 2.76. The van der Waals surface area contributed by atoms with E-state index in [4.69, 9.17) is 11.6 Å². The summed E-state index contributed by atoms with van der Waals surface area (Å²) in [7, 11) is -3.60. The number of rotatable bonds is 5. The zero-order valence-electron chi connectivity index (χ0n) is 14.7. The van der Waals surface area contributed by atoms with E-state index in [2.05, 4.69) is 9.82 Å². The lowest BCUT2D eigenvalue weighted by molar-refractivity contribution is 0.345. The topological polar surface area (TPSA) is 64.0 Å². The van der Waals surface area contributed by atoms with E-state index >= 15 is 0 Å². The van der Waals surface area contributed by atoms with Gasteiger partial charge in [-0.15, -0.1) is 0 Å². The fourth-order valence-electron chi connectivity index (χ4n) is 2.72. The van der Waals surface area contributed by atoms with Crippen LogP contribution in [0.5, 0.6) is 0 Å². The van der Waals surface area contributed by atoms with E-state index < -0.39 is 10.0 Å². The molecule has 1 aromatic carbocycles. The highest BCUT2D eigenvalue weighted by Crippen LogP contribution is 2.24. The Kier molecular flexibility index (Phi) is 5.42. The molecule has 0 amide bonds. The smallest absolute Gasteiger partial charge is 0.244 e. The van der Waals surface area contributed by atoms with E-state index in [1.807, 2.05) is 32.9 Å². The summed E-state index contributed by atoms with van der Waals surface area (Å²) >= 11 is 5.85. The number of nitrogens with one attached hydrogen (secondary N) is 1. The van der Waals surface area contributed by atoms with Crippen LogP contribution in [-0.2, 0) is 22.0 Å². The first kappa shape index (κ1) is 19.0. The van der Waals surface area contributed by atoms with Crippen LogP contribution < -0.4 is 4.72 Å². The maximum Gasteiger partial charge on any atom is 0.244 e. The predicted molar refractivity (Wildman–Crippen MR) is 97.0 cm³/mol. The van der Waals surface area contributed by atoms with Gasteiger partial charge in [0.2, 0.25) is 10.0 Å². The summed E-state index contributed by atoms with van der Waals surface area (Å²) in [5.41, 5.74) is 1.92. The fraction of sp³-hybridized carbons (Fsp3) is 0.471. The SMILES string of the molecule is Cc1nn(C(C)(C)C)c(C)c1S(=O)(=O)NCCc1ccc(Cl)cc1. The van der Waals surface area contributed by atoms with Gasteiger partial charge in [-0.1, -0.05) is 23.7 Å². The summed E-state index contributed by atoms with van der Waals surface area (Å²) in [6, 6.07) is 7.38. The van der Waals surface area contributed by atoms with Crippen LogP contribution in [0.15, 0.2) is 29.2 Å². The van der Waals surface area contributed by atoms with Crippen molar-refractivity contribution in [1.82, 2.24) is 14.5 Å².